The third kappa shape index (κ3) is 7.67. The Labute approximate surface area is 267 Å². The summed E-state index contributed by atoms with van der Waals surface area (Å²) in [5, 5.41) is 0. The predicted molar refractivity (Wildman–Crippen MR) is 183 cm³/mol. The number of halogens is 4. The lowest BCUT2D eigenvalue weighted by Gasteiger charge is -2.35. The van der Waals surface area contributed by atoms with Gasteiger partial charge in [0.15, 0.2) is 0 Å². The van der Waals surface area contributed by atoms with E-state index < -0.39 is 12.7 Å². The van der Waals surface area contributed by atoms with Crippen LogP contribution in [0.25, 0.3) is 10.4 Å². The van der Waals surface area contributed by atoms with Crippen LogP contribution in [0, 0.1) is 6.92 Å². The lowest BCUT2D eigenvalue weighted by molar-refractivity contribution is 0.368. The molecular weight excluding hydrogens is 595 g/mol. The molecule has 0 saturated carbocycles. The van der Waals surface area contributed by atoms with Gasteiger partial charge in [-0.1, -0.05) is 133 Å². The van der Waals surface area contributed by atoms with Crippen molar-refractivity contribution in [2.45, 2.75) is 64.7 Å². The monoisotopic (exact) mass is 634 g/mol. The Balaban J connectivity index is 0.000000818. The summed E-state index contributed by atoms with van der Waals surface area (Å²) < 4.78 is 39.0. The predicted octanol–water partition coefficient (Wildman–Crippen LogP) is 12.3. The molecule has 0 unspecified atom stereocenters. The van der Waals surface area contributed by atoms with E-state index in [-0.39, 0.29) is 10.8 Å². The van der Waals surface area contributed by atoms with E-state index in [9.17, 15) is 17.3 Å². The highest BCUT2D eigenvalue weighted by molar-refractivity contribution is 7.16. The van der Waals surface area contributed by atoms with Gasteiger partial charge in [0.1, 0.15) is 0 Å². The molecule has 0 bridgehead atoms. The molecule has 3 aromatic carbocycles. The minimum absolute atomic E-state index is 0.0938. The van der Waals surface area contributed by atoms with Crippen molar-refractivity contribution in [2.24, 2.45) is 0 Å². The van der Waals surface area contributed by atoms with Crippen molar-refractivity contribution in [3.05, 3.63) is 146 Å². The number of aryl methyl sites for hydroxylation is 1. The highest BCUT2D eigenvalue weighted by Crippen LogP contribution is 2.50. The van der Waals surface area contributed by atoms with Gasteiger partial charge in [0.2, 0.25) is 21.1 Å². The molecule has 5 aromatic rings. The van der Waals surface area contributed by atoms with Crippen molar-refractivity contribution in [1.29, 1.82) is 0 Å². The summed E-state index contributed by atoms with van der Waals surface area (Å²) in [6.45, 7) is 16.2. The maximum absolute atomic E-state index is 9.75. The number of rotatable bonds is 5. The molecule has 0 N–H and O–H groups in total. The summed E-state index contributed by atoms with van der Waals surface area (Å²) in [7, 11) is -6.00. The Morgan fingerprint density at radius 2 is 0.909 bits per heavy atom. The van der Waals surface area contributed by atoms with Crippen LogP contribution in [0.2, 0.25) is 0 Å². The van der Waals surface area contributed by atoms with Crippen molar-refractivity contribution in [3.63, 3.8) is 0 Å². The van der Waals surface area contributed by atoms with Crippen molar-refractivity contribution in [3.8, 4) is 10.4 Å². The summed E-state index contributed by atoms with van der Waals surface area (Å²) in [6.07, 6.45) is 0. The fraction of sp³-hybridized carbons (Fsp3) is 0.270. The molecule has 0 aliphatic rings. The first-order valence-corrected chi connectivity index (χ1v) is 16.3. The van der Waals surface area contributed by atoms with Crippen LogP contribution in [0.3, 0.4) is 0 Å². The first-order valence-electron chi connectivity index (χ1n) is 14.7. The van der Waals surface area contributed by atoms with Gasteiger partial charge in [-0.15, -0.1) is 11.3 Å². The second-order valence-corrected chi connectivity index (χ2v) is 15.2. The van der Waals surface area contributed by atoms with Crippen LogP contribution in [-0.2, 0) is 16.2 Å². The van der Waals surface area contributed by atoms with E-state index in [1.807, 2.05) is 22.7 Å². The Hall–Kier alpha value is -3.29. The Morgan fingerprint density at radius 3 is 1.23 bits per heavy atom. The van der Waals surface area contributed by atoms with Crippen LogP contribution < -0.4 is 0 Å². The second kappa shape index (κ2) is 13.0. The molecule has 0 aliphatic heterocycles. The van der Waals surface area contributed by atoms with Gasteiger partial charge >= 0.3 is 7.25 Å². The van der Waals surface area contributed by atoms with Gasteiger partial charge in [-0.2, -0.15) is 0 Å². The topological polar surface area (TPSA) is 0 Å². The van der Waals surface area contributed by atoms with E-state index in [0.717, 1.165) is 0 Å². The summed E-state index contributed by atoms with van der Waals surface area (Å²) >= 11 is 3.91. The quantitative estimate of drug-likeness (QED) is 0.0781. The molecule has 0 radical (unpaired) electrons. The molecule has 0 saturated heterocycles. The summed E-state index contributed by atoms with van der Waals surface area (Å²) in [4.78, 5) is 5.57. The zero-order valence-corrected chi connectivity index (χ0v) is 27.9. The van der Waals surface area contributed by atoms with E-state index in [1.165, 1.54) is 47.3 Å². The van der Waals surface area contributed by atoms with E-state index in [2.05, 4.69) is 158 Å². The molecule has 0 nitrogen and oxygen atoms in total. The van der Waals surface area contributed by atoms with Gasteiger partial charge in [-0.05, 0) is 35.2 Å². The molecule has 7 heteroatoms. The van der Waals surface area contributed by atoms with Crippen molar-refractivity contribution in [2.75, 3.05) is 0 Å². The minimum Gasteiger partial charge on any atom is -0.418 e. The van der Waals surface area contributed by atoms with E-state index in [1.54, 1.807) is 0 Å². The first-order chi connectivity index (χ1) is 20.5. The normalized spacial score (nSPS) is 12.4. The average molecular weight is 635 g/mol. The van der Waals surface area contributed by atoms with Gasteiger partial charge in [-0.25, -0.2) is 0 Å². The summed E-state index contributed by atoms with van der Waals surface area (Å²) in [5.74, 6) is 0. The smallest absolute Gasteiger partial charge is 0.418 e. The lowest BCUT2D eigenvalue weighted by atomic mass is 9.68. The van der Waals surface area contributed by atoms with Crippen molar-refractivity contribution < 1.29 is 17.3 Å². The maximum atomic E-state index is 9.75. The largest absolute Gasteiger partial charge is 0.673 e. The van der Waals surface area contributed by atoms with E-state index >= 15 is 0 Å². The molecule has 0 atom stereocenters. The molecule has 0 fully saturated rings. The van der Waals surface area contributed by atoms with Crippen LogP contribution >= 0.6 is 22.7 Å². The van der Waals surface area contributed by atoms with Crippen LogP contribution in [0.4, 0.5) is 17.3 Å². The highest BCUT2D eigenvalue weighted by atomic mass is 32.1. The molecule has 0 spiro atoms. The van der Waals surface area contributed by atoms with Crippen LogP contribution in [0.5, 0.6) is 0 Å². The highest BCUT2D eigenvalue weighted by Gasteiger charge is 2.40. The molecular formula is C37H39BF4S2. The first kappa shape index (κ1) is 33.6. The standard InChI is InChI=1S/C37H39S2.BF4/c1-26-23-33(39-34(26)27-24-31(35(2,3)4)38-32(25-27)36(5,6)7)37(28-17-11-8-12-18-28,29-19-13-9-14-20-29)30-21-15-10-16-22-30;2-1(3,4)5/h8-25H,1-7H3;/q+1;-1. The molecule has 2 aromatic heterocycles. The third-order valence-electron chi connectivity index (χ3n) is 7.44. The van der Waals surface area contributed by atoms with Crippen LogP contribution in [-0.4, -0.2) is 7.25 Å². The summed E-state index contributed by atoms with van der Waals surface area (Å²) in [5.41, 5.74) is 6.31. The van der Waals surface area contributed by atoms with Crippen LogP contribution in [0.15, 0.2) is 109 Å². The van der Waals surface area contributed by atoms with Gasteiger partial charge < -0.3 is 17.3 Å². The Morgan fingerprint density at radius 1 is 0.568 bits per heavy atom. The van der Waals surface area contributed by atoms with Gasteiger partial charge in [-0.3, -0.25) is 0 Å². The van der Waals surface area contributed by atoms with Gasteiger partial charge in [0.25, 0.3) is 0 Å². The number of thiophene rings is 1. The Kier molecular flexibility index (Phi) is 9.91. The molecule has 0 amide bonds. The second-order valence-electron chi connectivity index (χ2n) is 13.0. The van der Waals surface area contributed by atoms with E-state index in [0.29, 0.717) is 0 Å². The molecule has 230 valence electrons. The number of benzene rings is 3. The fourth-order valence-corrected chi connectivity index (χ4v) is 7.96. The SMILES string of the molecule is Cc1cc(C(c2ccccc2)(c2ccccc2)c2ccccc2)sc1-c1cc(C(C)(C)C)[s+]c(C(C)(C)C)c1.F[B-](F)(F)F. The number of hydrogen-bond donors (Lipinski definition) is 0. The fourth-order valence-electron chi connectivity index (χ4n) is 5.32. The molecule has 44 heavy (non-hydrogen) atoms. The molecule has 2 heterocycles. The minimum atomic E-state index is -6.00. The van der Waals surface area contributed by atoms with Gasteiger partial charge in [0.05, 0.1) is 5.41 Å². The zero-order chi connectivity index (χ0) is 32.3. The number of hydrogen-bond acceptors (Lipinski definition) is 1. The van der Waals surface area contributed by atoms with E-state index in [4.69, 9.17) is 0 Å². The zero-order valence-electron chi connectivity index (χ0n) is 26.3. The lowest BCUT2D eigenvalue weighted by Crippen LogP contribution is -2.29. The molecule has 5 rings (SSSR count). The van der Waals surface area contributed by atoms with Crippen molar-refractivity contribution in [1.82, 2.24) is 0 Å². The molecule has 0 aliphatic carbocycles. The average Bonchev–Trinajstić information content (AvgIpc) is 3.35. The third-order valence-corrected chi connectivity index (χ3v) is 10.7. The Bertz CT molecular complexity index is 1530. The summed E-state index contributed by atoms with van der Waals surface area (Å²) in [6, 6.07) is 40.4. The van der Waals surface area contributed by atoms with Crippen LogP contribution in [0.1, 0.15) is 78.4 Å². The van der Waals surface area contributed by atoms with Gasteiger partial charge in [0, 0.05) is 38.3 Å². The van der Waals surface area contributed by atoms with Crippen molar-refractivity contribution >= 4 is 29.9 Å². The maximum Gasteiger partial charge on any atom is 0.673 e.